The van der Waals surface area contributed by atoms with Gasteiger partial charge in [0.2, 0.25) is 0 Å². The van der Waals surface area contributed by atoms with E-state index in [9.17, 15) is 0 Å². The van der Waals surface area contributed by atoms with Gasteiger partial charge in [-0.1, -0.05) is 0 Å². The summed E-state index contributed by atoms with van der Waals surface area (Å²) in [4.78, 5) is 0. The fourth-order valence-corrected chi connectivity index (χ4v) is 2.29. The number of rotatable bonds is 4. The van der Waals surface area contributed by atoms with Crippen molar-refractivity contribution in [1.82, 2.24) is 5.32 Å². The molecule has 0 aromatic rings. The zero-order valence-corrected chi connectivity index (χ0v) is 10.0. The monoisotopic (exact) mass is 212 g/mol. The van der Waals surface area contributed by atoms with Gasteiger partial charge >= 0.3 is 0 Å². The van der Waals surface area contributed by atoms with Crippen molar-refractivity contribution < 1.29 is 4.74 Å². The molecule has 1 unspecified atom stereocenters. The molecule has 1 heterocycles. The maximum absolute atomic E-state index is 6.30. The Labute approximate surface area is 92.7 Å². The summed E-state index contributed by atoms with van der Waals surface area (Å²) in [6, 6.07) is 0. The van der Waals surface area contributed by atoms with Crippen LogP contribution in [0.3, 0.4) is 0 Å². The lowest BCUT2D eigenvalue weighted by Crippen LogP contribution is -2.56. The van der Waals surface area contributed by atoms with Crippen LogP contribution in [0.4, 0.5) is 0 Å². The van der Waals surface area contributed by atoms with Gasteiger partial charge in [0, 0.05) is 30.8 Å². The minimum Gasteiger partial charge on any atom is -0.381 e. The van der Waals surface area contributed by atoms with E-state index in [-0.39, 0.29) is 11.1 Å². The van der Waals surface area contributed by atoms with E-state index in [0.29, 0.717) is 0 Å². The first kappa shape index (κ1) is 11.4. The number of hydrogen-bond donors (Lipinski definition) is 2. The molecule has 3 nitrogen and oxygen atoms in total. The zero-order chi connectivity index (χ0) is 10.9. The van der Waals surface area contributed by atoms with Crippen LogP contribution in [0.5, 0.6) is 0 Å². The molecule has 2 rings (SSSR count). The quantitative estimate of drug-likeness (QED) is 0.738. The second-order valence-corrected chi connectivity index (χ2v) is 5.81. The molecule has 0 aromatic heterocycles. The first-order valence-electron chi connectivity index (χ1n) is 6.14. The van der Waals surface area contributed by atoms with E-state index in [1.807, 2.05) is 0 Å². The maximum Gasteiger partial charge on any atom is 0.0483 e. The Kier molecular flexibility index (Phi) is 3.06. The second kappa shape index (κ2) is 4.04. The highest BCUT2D eigenvalue weighted by Gasteiger charge is 2.39. The molecular formula is C12H24N2O. The summed E-state index contributed by atoms with van der Waals surface area (Å²) in [6.07, 6.45) is 4.84. The molecule has 0 bridgehead atoms. The summed E-state index contributed by atoms with van der Waals surface area (Å²) in [6.45, 7) is 7.18. The Bertz CT molecular complexity index is 218. The first-order valence-corrected chi connectivity index (χ1v) is 6.14. The Morgan fingerprint density at radius 2 is 2.00 bits per heavy atom. The lowest BCUT2D eigenvalue weighted by molar-refractivity contribution is 0.0428. The van der Waals surface area contributed by atoms with E-state index in [2.05, 4.69) is 19.2 Å². The van der Waals surface area contributed by atoms with E-state index >= 15 is 0 Å². The summed E-state index contributed by atoms with van der Waals surface area (Å²) in [5.74, 6) is 0.744. The molecular weight excluding hydrogens is 188 g/mol. The summed E-state index contributed by atoms with van der Waals surface area (Å²) in [7, 11) is 0. The van der Waals surface area contributed by atoms with E-state index in [0.717, 1.165) is 38.5 Å². The minimum atomic E-state index is -0.0126. The molecule has 3 N–H and O–H groups in total. The summed E-state index contributed by atoms with van der Waals surface area (Å²) >= 11 is 0. The van der Waals surface area contributed by atoms with Crippen molar-refractivity contribution in [2.75, 3.05) is 19.8 Å². The van der Waals surface area contributed by atoms with Crippen LogP contribution >= 0.6 is 0 Å². The Balaban J connectivity index is 1.80. The van der Waals surface area contributed by atoms with Crippen molar-refractivity contribution >= 4 is 0 Å². The Morgan fingerprint density at radius 3 is 2.53 bits per heavy atom. The zero-order valence-electron chi connectivity index (χ0n) is 10.0. The SMILES string of the molecule is CC1(NCC(C)(N)C2CC2)CCOCC1. The normalized spacial score (nSPS) is 29.8. The third-order valence-electron chi connectivity index (χ3n) is 4.00. The number of ether oxygens (including phenoxy) is 1. The van der Waals surface area contributed by atoms with E-state index < -0.39 is 0 Å². The van der Waals surface area contributed by atoms with Gasteiger partial charge in [-0.3, -0.25) is 0 Å². The molecule has 1 aliphatic heterocycles. The largest absolute Gasteiger partial charge is 0.381 e. The lowest BCUT2D eigenvalue weighted by Gasteiger charge is -2.38. The Morgan fingerprint density at radius 1 is 1.40 bits per heavy atom. The topological polar surface area (TPSA) is 47.3 Å². The van der Waals surface area contributed by atoms with Gasteiger partial charge in [0.05, 0.1) is 0 Å². The number of hydrogen-bond acceptors (Lipinski definition) is 3. The van der Waals surface area contributed by atoms with Gasteiger partial charge in [-0.15, -0.1) is 0 Å². The third-order valence-corrected chi connectivity index (χ3v) is 4.00. The fourth-order valence-electron chi connectivity index (χ4n) is 2.29. The standard InChI is InChI=1S/C12H24N2O/c1-11(5-7-15-8-6-11)14-9-12(2,13)10-3-4-10/h10,14H,3-9,13H2,1-2H3. The molecule has 15 heavy (non-hydrogen) atoms. The van der Waals surface area contributed by atoms with Gasteiger partial charge in [-0.05, 0) is 45.4 Å². The predicted molar refractivity (Wildman–Crippen MR) is 61.8 cm³/mol. The molecule has 1 saturated heterocycles. The van der Waals surface area contributed by atoms with Crippen LogP contribution < -0.4 is 11.1 Å². The first-order chi connectivity index (χ1) is 7.02. The molecule has 0 spiro atoms. The van der Waals surface area contributed by atoms with Crippen molar-refractivity contribution in [3.63, 3.8) is 0 Å². The van der Waals surface area contributed by atoms with Gasteiger partial charge in [0.25, 0.3) is 0 Å². The molecule has 0 amide bonds. The summed E-state index contributed by atoms with van der Waals surface area (Å²) in [5.41, 5.74) is 6.54. The molecule has 1 aliphatic carbocycles. The molecule has 3 heteroatoms. The molecule has 1 saturated carbocycles. The third kappa shape index (κ3) is 2.92. The highest BCUT2D eigenvalue weighted by Crippen LogP contribution is 2.38. The van der Waals surface area contributed by atoms with Crippen molar-refractivity contribution in [2.24, 2.45) is 11.7 Å². The lowest BCUT2D eigenvalue weighted by atomic mass is 9.89. The minimum absolute atomic E-state index is 0.0126. The average molecular weight is 212 g/mol. The van der Waals surface area contributed by atoms with Crippen molar-refractivity contribution in [3.8, 4) is 0 Å². The maximum atomic E-state index is 6.30. The van der Waals surface area contributed by atoms with Crippen LogP contribution in [0, 0.1) is 5.92 Å². The summed E-state index contributed by atoms with van der Waals surface area (Å²) < 4.78 is 5.39. The van der Waals surface area contributed by atoms with E-state index in [1.54, 1.807) is 0 Å². The smallest absolute Gasteiger partial charge is 0.0483 e. The molecule has 88 valence electrons. The van der Waals surface area contributed by atoms with Crippen LogP contribution in [0.25, 0.3) is 0 Å². The van der Waals surface area contributed by atoms with Gasteiger partial charge in [-0.25, -0.2) is 0 Å². The van der Waals surface area contributed by atoms with Gasteiger partial charge in [-0.2, -0.15) is 0 Å². The van der Waals surface area contributed by atoms with E-state index in [4.69, 9.17) is 10.5 Å². The highest BCUT2D eigenvalue weighted by atomic mass is 16.5. The van der Waals surface area contributed by atoms with Crippen molar-refractivity contribution in [2.45, 2.75) is 50.6 Å². The molecule has 1 atom stereocenters. The average Bonchev–Trinajstić information content (AvgIpc) is 3.00. The Hall–Kier alpha value is -0.120. The van der Waals surface area contributed by atoms with Crippen LogP contribution in [0.2, 0.25) is 0 Å². The molecule has 2 fully saturated rings. The molecule has 2 aliphatic rings. The predicted octanol–water partition coefficient (Wildman–Crippen LogP) is 1.27. The number of nitrogens with one attached hydrogen (secondary N) is 1. The van der Waals surface area contributed by atoms with Crippen LogP contribution in [0.15, 0.2) is 0 Å². The van der Waals surface area contributed by atoms with Gasteiger partial charge in [0.15, 0.2) is 0 Å². The van der Waals surface area contributed by atoms with Crippen LogP contribution in [-0.2, 0) is 4.74 Å². The highest BCUT2D eigenvalue weighted by molar-refractivity contribution is 4.99. The fraction of sp³-hybridized carbons (Fsp3) is 1.00. The van der Waals surface area contributed by atoms with E-state index in [1.165, 1.54) is 12.8 Å². The second-order valence-electron chi connectivity index (χ2n) is 5.81. The van der Waals surface area contributed by atoms with Crippen LogP contribution in [0.1, 0.15) is 39.5 Å². The summed E-state index contributed by atoms with van der Waals surface area (Å²) in [5, 5.41) is 3.65. The van der Waals surface area contributed by atoms with Crippen LogP contribution in [-0.4, -0.2) is 30.8 Å². The van der Waals surface area contributed by atoms with Crippen molar-refractivity contribution in [1.29, 1.82) is 0 Å². The molecule has 0 radical (unpaired) electrons. The van der Waals surface area contributed by atoms with Gasteiger partial charge < -0.3 is 15.8 Å². The number of nitrogens with two attached hydrogens (primary N) is 1. The van der Waals surface area contributed by atoms with Crippen molar-refractivity contribution in [3.05, 3.63) is 0 Å². The molecule has 0 aromatic carbocycles. The van der Waals surface area contributed by atoms with Gasteiger partial charge in [0.1, 0.15) is 0 Å².